The van der Waals surface area contributed by atoms with Crippen LogP contribution in [0.5, 0.6) is 0 Å². The third-order valence-electron chi connectivity index (χ3n) is 5.22. The molecular weight excluding hydrogens is 336 g/mol. The van der Waals surface area contributed by atoms with E-state index in [0.717, 1.165) is 30.9 Å². The molecular formula is C22H30N4O. The Hall–Kier alpha value is -2.43. The molecule has 0 spiro atoms. The fourth-order valence-electron chi connectivity index (χ4n) is 3.59. The quantitative estimate of drug-likeness (QED) is 0.829. The third-order valence-corrected chi connectivity index (χ3v) is 5.22. The lowest BCUT2D eigenvalue weighted by Gasteiger charge is -2.34. The van der Waals surface area contributed by atoms with Gasteiger partial charge in [-0.1, -0.05) is 45.0 Å². The van der Waals surface area contributed by atoms with Gasteiger partial charge in [-0.25, -0.2) is 9.97 Å². The van der Waals surface area contributed by atoms with Gasteiger partial charge in [0.15, 0.2) is 0 Å². The third kappa shape index (κ3) is 4.85. The second-order valence-corrected chi connectivity index (χ2v) is 8.48. The molecule has 5 nitrogen and oxygen atoms in total. The summed E-state index contributed by atoms with van der Waals surface area (Å²) in [6, 6.07) is 10.4. The highest BCUT2D eigenvalue weighted by molar-refractivity contribution is 5.79. The van der Waals surface area contributed by atoms with Crippen LogP contribution in [0.25, 0.3) is 0 Å². The Morgan fingerprint density at radius 2 is 1.85 bits per heavy atom. The Bertz CT molecular complexity index is 752. The van der Waals surface area contributed by atoms with Crippen LogP contribution in [0.15, 0.2) is 42.7 Å². The Balaban J connectivity index is 1.61. The van der Waals surface area contributed by atoms with Gasteiger partial charge in [0.25, 0.3) is 0 Å². The zero-order valence-electron chi connectivity index (χ0n) is 16.9. The lowest BCUT2D eigenvalue weighted by atomic mass is 9.87. The number of anilines is 1. The first-order valence-electron chi connectivity index (χ1n) is 9.71. The molecule has 1 aromatic carbocycles. The average Bonchev–Trinajstić information content (AvgIpc) is 2.68. The molecule has 1 aromatic heterocycles. The molecule has 1 saturated heterocycles. The lowest BCUT2D eigenvalue weighted by Crippen LogP contribution is -2.44. The van der Waals surface area contributed by atoms with Gasteiger partial charge in [0.2, 0.25) is 11.9 Å². The standard InChI is InChI=1S/C22H30N4O/c1-22(2,3)19-10-8-17(9-11-19)15-25(4)20(27)18-7-5-14-26(16-18)21-23-12-6-13-24-21/h6,8-13,18H,5,7,14-16H2,1-4H3/t18-/m0/s1. The predicted octanol–water partition coefficient (Wildman–Crippen LogP) is 3.65. The van der Waals surface area contributed by atoms with Crippen molar-refractivity contribution in [2.75, 3.05) is 25.0 Å². The van der Waals surface area contributed by atoms with Crippen molar-refractivity contribution in [1.29, 1.82) is 0 Å². The first-order chi connectivity index (χ1) is 12.8. The van der Waals surface area contributed by atoms with E-state index in [4.69, 9.17) is 0 Å². The molecule has 1 aliphatic heterocycles. The highest BCUT2D eigenvalue weighted by Crippen LogP contribution is 2.24. The Morgan fingerprint density at radius 1 is 1.19 bits per heavy atom. The van der Waals surface area contributed by atoms with Crippen molar-refractivity contribution >= 4 is 11.9 Å². The van der Waals surface area contributed by atoms with Gasteiger partial charge in [-0.3, -0.25) is 4.79 Å². The van der Waals surface area contributed by atoms with Gasteiger partial charge in [0, 0.05) is 39.1 Å². The maximum Gasteiger partial charge on any atom is 0.227 e. The smallest absolute Gasteiger partial charge is 0.227 e. The summed E-state index contributed by atoms with van der Waals surface area (Å²) in [4.78, 5) is 25.6. The first-order valence-corrected chi connectivity index (χ1v) is 9.71. The van der Waals surface area contributed by atoms with Crippen LogP contribution >= 0.6 is 0 Å². The second-order valence-electron chi connectivity index (χ2n) is 8.48. The number of aromatic nitrogens is 2. The van der Waals surface area contributed by atoms with Crippen molar-refractivity contribution in [3.05, 3.63) is 53.9 Å². The maximum absolute atomic E-state index is 13.0. The van der Waals surface area contributed by atoms with Crippen molar-refractivity contribution in [1.82, 2.24) is 14.9 Å². The molecule has 0 radical (unpaired) electrons. The van der Waals surface area contributed by atoms with Gasteiger partial charge in [0.05, 0.1) is 5.92 Å². The fourth-order valence-corrected chi connectivity index (χ4v) is 3.59. The van der Waals surface area contributed by atoms with Crippen LogP contribution in [-0.2, 0) is 16.8 Å². The van der Waals surface area contributed by atoms with Crippen LogP contribution in [0.4, 0.5) is 5.95 Å². The number of carbonyl (C=O) groups excluding carboxylic acids is 1. The van der Waals surface area contributed by atoms with Gasteiger partial charge in [-0.15, -0.1) is 0 Å². The highest BCUT2D eigenvalue weighted by Gasteiger charge is 2.29. The molecule has 2 aromatic rings. The normalized spacial score (nSPS) is 17.6. The van der Waals surface area contributed by atoms with Crippen LogP contribution in [-0.4, -0.2) is 40.9 Å². The Morgan fingerprint density at radius 3 is 2.48 bits per heavy atom. The fraction of sp³-hybridized carbons (Fsp3) is 0.500. The minimum atomic E-state index is 0.00130. The Kier molecular flexibility index (Phi) is 5.78. The molecule has 3 rings (SSSR count). The van der Waals surface area contributed by atoms with E-state index in [1.54, 1.807) is 12.4 Å². The minimum absolute atomic E-state index is 0.00130. The van der Waals surface area contributed by atoms with E-state index in [-0.39, 0.29) is 17.2 Å². The van der Waals surface area contributed by atoms with Gasteiger partial charge >= 0.3 is 0 Å². The van der Waals surface area contributed by atoms with Crippen molar-refractivity contribution in [3.63, 3.8) is 0 Å². The zero-order valence-corrected chi connectivity index (χ0v) is 16.9. The molecule has 0 N–H and O–H groups in total. The van der Waals surface area contributed by atoms with Crippen LogP contribution in [0.2, 0.25) is 0 Å². The van der Waals surface area contributed by atoms with Crippen molar-refractivity contribution in [3.8, 4) is 0 Å². The average molecular weight is 367 g/mol. The topological polar surface area (TPSA) is 49.3 Å². The van der Waals surface area contributed by atoms with E-state index in [1.807, 2.05) is 18.0 Å². The second kappa shape index (κ2) is 8.07. The number of amides is 1. The van der Waals surface area contributed by atoms with E-state index in [2.05, 4.69) is 59.9 Å². The molecule has 0 aliphatic carbocycles. The van der Waals surface area contributed by atoms with Crippen molar-refractivity contribution in [2.45, 2.75) is 45.6 Å². The molecule has 1 fully saturated rings. The van der Waals surface area contributed by atoms with E-state index in [0.29, 0.717) is 13.1 Å². The number of nitrogens with zero attached hydrogens (tertiary/aromatic N) is 4. The molecule has 1 atom stereocenters. The van der Waals surface area contributed by atoms with E-state index < -0.39 is 0 Å². The monoisotopic (exact) mass is 366 g/mol. The molecule has 1 aliphatic rings. The van der Waals surface area contributed by atoms with Crippen LogP contribution in [0, 0.1) is 5.92 Å². The lowest BCUT2D eigenvalue weighted by molar-refractivity contribution is -0.135. The molecule has 0 saturated carbocycles. The molecule has 1 amide bonds. The number of carbonyl (C=O) groups is 1. The number of piperidine rings is 1. The molecule has 5 heteroatoms. The van der Waals surface area contributed by atoms with Crippen LogP contribution in [0.3, 0.4) is 0 Å². The molecule has 0 unspecified atom stereocenters. The van der Waals surface area contributed by atoms with Crippen molar-refractivity contribution in [2.24, 2.45) is 5.92 Å². The summed E-state index contributed by atoms with van der Waals surface area (Å²) in [5.41, 5.74) is 2.62. The molecule has 2 heterocycles. The van der Waals surface area contributed by atoms with Gasteiger partial charge < -0.3 is 9.80 Å². The van der Waals surface area contributed by atoms with E-state index in [9.17, 15) is 4.79 Å². The number of hydrogen-bond donors (Lipinski definition) is 0. The summed E-state index contributed by atoms with van der Waals surface area (Å²) >= 11 is 0. The van der Waals surface area contributed by atoms with Gasteiger partial charge in [0.1, 0.15) is 0 Å². The number of benzene rings is 1. The molecule has 144 valence electrons. The van der Waals surface area contributed by atoms with Crippen molar-refractivity contribution < 1.29 is 4.79 Å². The summed E-state index contributed by atoms with van der Waals surface area (Å²) in [5.74, 6) is 0.923. The zero-order chi connectivity index (χ0) is 19.4. The van der Waals surface area contributed by atoms with E-state index in [1.165, 1.54) is 5.56 Å². The highest BCUT2D eigenvalue weighted by atomic mass is 16.2. The SMILES string of the molecule is CN(Cc1ccc(C(C)(C)C)cc1)C(=O)[C@H]1CCCN(c2ncccn2)C1. The summed E-state index contributed by atoms with van der Waals surface area (Å²) < 4.78 is 0. The van der Waals surface area contributed by atoms with Gasteiger partial charge in [-0.2, -0.15) is 0 Å². The largest absolute Gasteiger partial charge is 0.341 e. The maximum atomic E-state index is 13.0. The number of rotatable bonds is 4. The van der Waals surface area contributed by atoms with Crippen LogP contribution in [0.1, 0.15) is 44.7 Å². The van der Waals surface area contributed by atoms with Crippen LogP contribution < -0.4 is 4.90 Å². The molecule has 27 heavy (non-hydrogen) atoms. The predicted molar refractivity (Wildman–Crippen MR) is 109 cm³/mol. The van der Waals surface area contributed by atoms with Gasteiger partial charge in [-0.05, 0) is 35.4 Å². The minimum Gasteiger partial charge on any atom is -0.341 e. The summed E-state index contributed by atoms with van der Waals surface area (Å²) in [7, 11) is 1.90. The first kappa shape index (κ1) is 19.3. The molecule has 0 bridgehead atoms. The van der Waals surface area contributed by atoms with E-state index >= 15 is 0 Å². The summed E-state index contributed by atoms with van der Waals surface area (Å²) in [6.07, 6.45) is 5.42. The Labute approximate surface area is 162 Å². The summed E-state index contributed by atoms with van der Waals surface area (Å²) in [6.45, 7) is 8.87. The summed E-state index contributed by atoms with van der Waals surface area (Å²) in [5, 5.41) is 0. The number of hydrogen-bond acceptors (Lipinski definition) is 4.